The van der Waals surface area contributed by atoms with Crippen LogP contribution in [0.25, 0.3) is 0 Å². The van der Waals surface area contributed by atoms with Crippen LogP contribution in [0, 0.1) is 5.92 Å². The van der Waals surface area contributed by atoms with Crippen molar-refractivity contribution in [1.82, 2.24) is 15.1 Å². The average molecular weight is 415 g/mol. The summed E-state index contributed by atoms with van der Waals surface area (Å²) in [6.07, 6.45) is 7.97. The van der Waals surface area contributed by atoms with Crippen molar-refractivity contribution in [2.24, 2.45) is 5.92 Å². The van der Waals surface area contributed by atoms with E-state index in [1.807, 2.05) is 11.1 Å². The number of H-pyrrole nitrogens is 1. The number of aryl methyl sites for hydroxylation is 1. The molecule has 0 spiro atoms. The number of hydrogen-bond acceptors (Lipinski definition) is 5. The molecule has 1 aromatic heterocycles. The van der Waals surface area contributed by atoms with Crippen molar-refractivity contribution >= 4 is 17.5 Å². The van der Waals surface area contributed by atoms with E-state index in [0.29, 0.717) is 42.4 Å². The van der Waals surface area contributed by atoms with Gasteiger partial charge < -0.3 is 19.7 Å². The first kappa shape index (κ1) is 21.7. The molecule has 0 aliphatic carbocycles. The molecule has 30 heavy (non-hydrogen) atoms. The zero-order valence-electron chi connectivity index (χ0n) is 17.6. The number of benzene rings is 1. The molecule has 1 unspecified atom stereocenters. The largest absolute Gasteiger partial charge is 0.497 e. The molecule has 1 aliphatic heterocycles. The Hall–Kier alpha value is -3.03. The van der Waals surface area contributed by atoms with Gasteiger partial charge in [-0.25, -0.2) is 0 Å². The summed E-state index contributed by atoms with van der Waals surface area (Å²) in [4.78, 5) is 26.9. The van der Waals surface area contributed by atoms with Crippen LogP contribution in [0.4, 0.5) is 5.69 Å². The van der Waals surface area contributed by atoms with Gasteiger partial charge in [0.05, 0.1) is 20.4 Å². The molecule has 2 amide bonds. The minimum Gasteiger partial charge on any atom is -0.497 e. The Morgan fingerprint density at radius 3 is 2.63 bits per heavy atom. The molecule has 3 rings (SSSR count). The lowest BCUT2D eigenvalue weighted by Gasteiger charge is -2.33. The lowest BCUT2D eigenvalue weighted by atomic mass is 9.93. The summed E-state index contributed by atoms with van der Waals surface area (Å²) in [6.45, 7) is 1.53. The van der Waals surface area contributed by atoms with Gasteiger partial charge in [0.2, 0.25) is 11.8 Å². The summed E-state index contributed by atoms with van der Waals surface area (Å²) in [5, 5.41) is 9.60. The van der Waals surface area contributed by atoms with Gasteiger partial charge in [-0.05, 0) is 37.2 Å². The summed E-state index contributed by atoms with van der Waals surface area (Å²) < 4.78 is 10.5. The fourth-order valence-electron chi connectivity index (χ4n) is 3.79. The Labute approximate surface area is 176 Å². The number of ether oxygens (including phenoxy) is 2. The number of methoxy groups -OCH3 is 2. The van der Waals surface area contributed by atoms with E-state index in [1.165, 1.54) is 0 Å². The first-order valence-corrected chi connectivity index (χ1v) is 10.4. The van der Waals surface area contributed by atoms with Crippen LogP contribution in [0.5, 0.6) is 11.5 Å². The highest BCUT2D eigenvalue weighted by Crippen LogP contribution is 2.26. The van der Waals surface area contributed by atoms with Gasteiger partial charge in [-0.1, -0.05) is 0 Å². The van der Waals surface area contributed by atoms with Gasteiger partial charge in [-0.3, -0.25) is 14.7 Å². The van der Waals surface area contributed by atoms with Gasteiger partial charge in [-0.2, -0.15) is 5.10 Å². The van der Waals surface area contributed by atoms with Crippen LogP contribution in [-0.4, -0.2) is 54.2 Å². The van der Waals surface area contributed by atoms with Crippen LogP contribution in [-0.2, 0) is 16.0 Å². The van der Waals surface area contributed by atoms with Crippen LogP contribution < -0.4 is 14.8 Å². The molecule has 162 valence electrons. The molecule has 1 atom stereocenters. The van der Waals surface area contributed by atoms with E-state index in [-0.39, 0.29) is 11.8 Å². The van der Waals surface area contributed by atoms with E-state index in [4.69, 9.17) is 9.47 Å². The molecular formula is C22H30N4O4. The molecule has 2 aromatic rings. The minimum absolute atomic E-state index is 0.0475. The first-order valence-electron chi connectivity index (χ1n) is 10.4. The van der Waals surface area contributed by atoms with Crippen molar-refractivity contribution in [3.63, 3.8) is 0 Å². The Balaban J connectivity index is 1.44. The van der Waals surface area contributed by atoms with Crippen molar-refractivity contribution < 1.29 is 19.1 Å². The first-order chi connectivity index (χ1) is 14.6. The second-order valence-corrected chi connectivity index (χ2v) is 7.64. The number of carbonyl (C=O) groups excluding carboxylic acids is 2. The van der Waals surface area contributed by atoms with E-state index < -0.39 is 0 Å². The fourth-order valence-corrected chi connectivity index (χ4v) is 3.79. The highest BCUT2D eigenvalue weighted by Gasteiger charge is 2.24. The normalized spacial score (nSPS) is 16.2. The third-order valence-electron chi connectivity index (χ3n) is 5.47. The number of nitrogens with one attached hydrogen (secondary N) is 2. The number of amides is 2. The molecule has 0 bridgehead atoms. The minimum atomic E-state index is -0.0475. The SMILES string of the molecule is COc1cc(NC(=O)CCC2CCCN(C(=O)CCc3cn[nH]c3)C2)cc(OC)c1. The summed E-state index contributed by atoms with van der Waals surface area (Å²) >= 11 is 0. The summed E-state index contributed by atoms with van der Waals surface area (Å²) in [6, 6.07) is 5.29. The van der Waals surface area contributed by atoms with E-state index in [1.54, 1.807) is 38.6 Å². The van der Waals surface area contributed by atoms with Crippen molar-refractivity contribution in [2.45, 2.75) is 38.5 Å². The number of rotatable bonds is 9. The van der Waals surface area contributed by atoms with Crippen molar-refractivity contribution in [1.29, 1.82) is 0 Å². The van der Waals surface area contributed by atoms with Gasteiger partial charge >= 0.3 is 0 Å². The van der Waals surface area contributed by atoms with E-state index in [0.717, 1.165) is 37.9 Å². The lowest BCUT2D eigenvalue weighted by Crippen LogP contribution is -2.40. The average Bonchev–Trinajstić information content (AvgIpc) is 3.29. The van der Waals surface area contributed by atoms with E-state index in [9.17, 15) is 9.59 Å². The quantitative estimate of drug-likeness (QED) is 0.657. The van der Waals surface area contributed by atoms with Gasteiger partial charge in [0.15, 0.2) is 0 Å². The lowest BCUT2D eigenvalue weighted by molar-refractivity contribution is -0.133. The second-order valence-electron chi connectivity index (χ2n) is 7.64. The van der Waals surface area contributed by atoms with Crippen molar-refractivity contribution in [3.05, 3.63) is 36.2 Å². The van der Waals surface area contributed by atoms with Gasteiger partial charge in [0, 0.05) is 56.0 Å². The number of nitrogens with zero attached hydrogens (tertiary/aromatic N) is 2. The Morgan fingerprint density at radius 1 is 1.20 bits per heavy atom. The van der Waals surface area contributed by atoms with Crippen molar-refractivity contribution in [2.75, 3.05) is 32.6 Å². The van der Waals surface area contributed by atoms with Crippen LogP contribution >= 0.6 is 0 Å². The topological polar surface area (TPSA) is 96.5 Å². The third kappa shape index (κ3) is 6.23. The van der Waals surface area contributed by atoms with Crippen LogP contribution in [0.1, 0.15) is 37.7 Å². The van der Waals surface area contributed by atoms with Crippen LogP contribution in [0.3, 0.4) is 0 Å². The maximum Gasteiger partial charge on any atom is 0.224 e. The number of anilines is 1. The predicted molar refractivity (Wildman–Crippen MR) is 114 cm³/mol. The zero-order chi connectivity index (χ0) is 21.3. The predicted octanol–water partition coefficient (Wildman–Crippen LogP) is 3.02. The van der Waals surface area contributed by atoms with Gasteiger partial charge in [-0.15, -0.1) is 0 Å². The van der Waals surface area contributed by atoms with Crippen LogP contribution in [0.2, 0.25) is 0 Å². The van der Waals surface area contributed by atoms with Gasteiger partial charge in [0.1, 0.15) is 11.5 Å². The molecule has 1 aliphatic rings. The molecule has 2 N–H and O–H groups in total. The number of hydrogen-bond donors (Lipinski definition) is 2. The number of piperidine rings is 1. The van der Waals surface area contributed by atoms with Crippen molar-refractivity contribution in [3.8, 4) is 11.5 Å². The molecule has 8 heteroatoms. The molecule has 8 nitrogen and oxygen atoms in total. The Morgan fingerprint density at radius 2 is 1.97 bits per heavy atom. The molecule has 1 saturated heterocycles. The zero-order valence-corrected chi connectivity index (χ0v) is 17.6. The molecular weight excluding hydrogens is 384 g/mol. The fraction of sp³-hybridized carbons (Fsp3) is 0.500. The van der Waals surface area contributed by atoms with E-state index >= 15 is 0 Å². The monoisotopic (exact) mass is 414 g/mol. The molecule has 1 fully saturated rings. The standard InChI is InChI=1S/C22H30N4O4/c1-29-19-10-18(11-20(12-19)30-2)25-21(27)7-5-16-4-3-9-26(15-16)22(28)8-6-17-13-23-24-14-17/h10-14,16H,3-9,15H2,1-2H3,(H,23,24)(H,25,27). The Bertz CT molecular complexity index is 815. The van der Waals surface area contributed by atoms with Crippen LogP contribution in [0.15, 0.2) is 30.6 Å². The smallest absolute Gasteiger partial charge is 0.224 e. The molecule has 1 aromatic carbocycles. The number of carbonyl (C=O) groups is 2. The molecule has 2 heterocycles. The van der Waals surface area contributed by atoms with E-state index in [2.05, 4.69) is 15.5 Å². The Kier molecular flexibility index (Phi) is 7.70. The summed E-state index contributed by atoms with van der Waals surface area (Å²) in [7, 11) is 3.15. The maximum absolute atomic E-state index is 12.5. The highest BCUT2D eigenvalue weighted by atomic mass is 16.5. The third-order valence-corrected chi connectivity index (χ3v) is 5.47. The summed E-state index contributed by atoms with van der Waals surface area (Å²) in [5.41, 5.74) is 1.69. The highest BCUT2D eigenvalue weighted by molar-refractivity contribution is 5.91. The number of aromatic nitrogens is 2. The maximum atomic E-state index is 12.5. The summed E-state index contributed by atoms with van der Waals surface area (Å²) in [5.74, 6) is 1.73. The number of likely N-dealkylation sites (tertiary alicyclic amines) is 1. The molecule has 0 saturated carbocycles. The number of aromatic amines is 1. The molecule has 0 radical (unpaired) electrons. The van der Waals surface area contributed by atoms with Gasteiger partial charge in [0.25, 0.3) is 0 Å². The second kappa shape index (κ2) is 10.7.